The van der Waals surface area contributed by atoms with Gasteiger partial charge in [-0.05, 0) is 18.9 Å². The summed E-state index contributed by atoms with van der Waals surface area (Å²) in [4.78, 5) is 18.6. The van der Waals surface area contributed by atoms with Crippen LogP contribution in [0.15, 0.2) is 16.9 Å². The molecule has 72 valence electrons. The number of fused-ring (bicyclic) bond motifs is 1. The number of hydrogen-bond acceptors (Lipinski definition) is 2. The minimum absolute atomic E-state index is 0.0562. The summed E-state index contributed by atoms with van der Waals surface area (Å²) in [5.74, 6) is 0.930. The highest BCUT2D eigenvalue weighted by atomic mass is 16.1. The number of nitrogens with zero attached hydrogens (tertiary/aromatic N) is 1. The number of aryl methyl sites for hydroxylation is 1. The molecule has 14 heavy (non-hydrogen) atoms. The van der Waals surface area contributed by atoms with Crippen molar-refractivity contribution < 1.29 is 0 Å². The van der Waals surface area contributed by atoms with Crippen LogP contribution in [-0.2, 0) is 0 Å². The minimum atomic E-state index is -0.0562. The molecule has 0 aliphatic heterocycles. The number of hydrogen-bond donors (Lipinski definition) is 1. The van der Waals surface area contributed by atoms with Crippen LogP contribution in [0.2, 0.25) is 0 Å². The average molecular weight is 188 g/mol. The van der Waals surface area contributed by atoms with E-state index in [4.69, 9.17) is 0 Å². The van der Waals surface area contributed by atoms with Gasteiger partial charge < -0.3 is 4.98 Å². The van der Waals surface area contributed by atoms with Gasteiger partial charge in [0.1, 0.15) is 5.82 Å². The van der Waals surface area contributed by atoms with Crippen LogP contribution in [0.5, 0.6) is 0 Å². The zero-order chi connectivity index (χ0) is 10.1. The Hall–Kier alpha value is -1.64. The zero-order valence-electron chi connectivity index (χ0n) is 8.24. The van der Waals surface area contributed by atoms with E-state index in [9.17, 15) is 4.79 Å². The third-order valence-electron chi connectivity index (χ3n) is 2.20. The van der Waals surface area contributed by atoms with Crippen molar-refractivity contribution in [1.82, 2.24) is 9.97 Å². The van der Waals surface area contributed by atoms with Crippen LogP contribution in [0.3, 0.4) is 0 Å². The lowest BCUT2D eigenvalue weighted by Gasteiger charge is -1.95. The maximum absolute atomic E-state index is 11.6. The first-order valence-electron chi connectivity index (χ1n) is 4.64. The van der Waals surface area contributed by atoms with Gasteiger partial charge in [0.2, 0.25) is 0 Å². The van der Waals surface area contributed by atoms with Crippen LogP contribution in [0.25, 0.3) is 12.2 Å². The molecule has 0 spiro atoms. The van der Waals surface area contributed by atoms with E-state index in [1.165, 1.54) is 0 Å². The summed E-state index contributed by atoms with van der Waals surface area (Å²) in [6.45, 7) is 3.83. The monoisotopic (exact) mass is 188 g/mol. The Labute approximate surface area is 81.5 Å². The number of rotatable bonds is 0. The Kier molecular flexibility index (Phi) is 2.08. The highest BCUT2D eigenvalue weighted by Crippen LogP contribution is 1.98. The van der Waals surface area contributed by atoms with Gasteiger partial charge in [0.25, 0.3) is 5.56 Å². The third-order valence-corrected chi connectivity index (χ3v) is 2.20. The fourth-order valence-electron chi connectivity index (χ4n) is 1.55. The van der Waals surface area contributed by atoms with Crippen LogP contribution in [0.4, 0.5) is 0 Å². The summed E-state index contributed by atoms with van der Waals surface area (Å²) < 4.78 is 0. The van der Waals surface area contributed by atoms with E-state index in [0.717, 1.165) is 5.35 Å². The second kappa shape index (κ2) is 3.25. The van der Waals surface area contributed by atoms with Crippen LogP contribution >= 0.6 is 0 Å². The lowest BCUT2D eigenvalue weighted by atomic mass is 10.1. The van der Waals surface area contributed by atoms with Crippen molar-refractivity contribution in [2.45, 2.75) is 13.8 Å². The average Bonchev–Trinajstić information content (AvgIpc) is 2.27. The topological polar surface area (TPSA) is 45.8 Å². The molecule has 0 saturated heterocycles. The van der Waals surface area contributed by atoms with Gasteiger partial charge in [-0.25, -0.2) is 4.98 Å². The van der Waals surface area contributed by atoms with E-state index >= 15 is 0 Å². The molecule has 1 aromatic rings. The van der Waals surface area contributed by atoms with Gasteiger partial charge in [0.05, 0.1) is 10.6 Å². The normalized spacial score (nSPS) is 19.1. The first-order valence-corrected chi connectivity index (χ1v) is 4.64. The van der Waals surface area contributed by atoms with Crippen molar-refractivity contribution in [3.63, 3.8) is 0 Å². The first-order chi connectivity index (χ1) is 6.66. The molecule has 0 bridgehead atoms. The van der Waals surface area contributed by atoms with E-state index in [1.54, 1.807) is 6.92 Å². The van der Waals surface area contributed by atoms with Gasteiger partial charge in [-0.2, -0.15) is 0 Å². The van der Waals surface area contributed by atoms with E-state index in [2.05, 4.69) is 9.97 Å². The number of allylic oxidation sites excluding steroid dienone is 2. The molecule has 0 radical (unpaired) electrons. The fourth-order valence-corrected chi connectivity index (χ4v) is 1.55. The summed E-state index contributed by atoms with van der Waals surface area (Å²) in [6.07, 6.45) is 7.79. The third kappa shape index (κ3) is 1.53. The SMILES string of the molecule is Cc1nc2c(c(=O)[nH]1)=CC(C)C=CC=2. The quantitative estimate of drug-likeness (QED) is 0.615. The van der Waals surface area contributed by atoms with E-state index in [-0.39, 0.29) is 11.5 Å². The molecular formula is C11H12N2O. The summed E-state index contributed by atoms with van der Waals surface area (Å²) in [5, 5.41) is 1.43. The smallest absolute Gasteiger partial charge is 0.258 e. The Balaban J connectivity index is 2.91. The van der Waals surface area contributed by atoms with E-state index < -0.39 is 0 Å². The summed E-state index contributed by atoms with van der Waals surface area (Å²) >= 11 is 0. The second-order valence-electron chi connectivity index (χ2n) is 3.53. The number of nitrogens with one attached hydrogen (secondary N) is 1. The molecule has 0 saturated carbocycles. The van der Waals surface area contributed by atoms with Gasteiger partial charge in [-0.1, -0.05) is 25.2 Å². The summed E-state index contributed by atoms with van der Waals surface area (Å²) in [6, 6.07) is 0. The van der Waals surface area contributed by atoms with Gasteiger partial charge in [-0.15, -0.1) is 0 Å². The molecule has 0 fully saturated rings. The molecule has 1 aromatic heterocycles. The Morgan fingerprint density at radius 3 is 3.07 bits per heavy atom. The van der Waals surface area contributed by atoms with Crippen molar-refractivity contribution in [3.05, 3.63) is 38.9 Å². The lowest BCUT2D eigenvalue weighted by Crippen LogP contribution is -2.43. The first kappa shape index (κ1) is 8.94. The lowest BCUT2D eigenvalue weighted by molar-refractivity contribution is 0.952. The maximum Gasteiger partial charge on any atom is 0.258 e. The highest BCUT2D eigenvalue weighted by Gasteiger charge is 2.00. The number of aromatic amines is 1. The standard InChI is InChI=1S/C11H12N2O/c1-7-4-3-5-10-9(6-7)11(14)13-8(2)12-10/h3-7H,1-2H3,(H,12,13,14). The molecule has 1 aliphatic carbocycles. The Bertz CT molecular complexity index is 552. The second-order valence-corrected chi connectivity index (χ2v) is 3.53. The van der Waals surface area contributed by atoms with E-state index in [0.29, 0.717) is 11.0 Å². The molecule has 1 aliphatic rings. The molecule has 3 heteroatoms. The van der Waals surface area contributed by atoms with Crippen molar-refractivity contribution in [3.8, 4) is 0 Å². The van der Waals surface area contributed by atoms with Crippen molar-refractivity contribution in [1.29, 1.82) is 0 Å². The van der Waals surface area contributed by atoms with Gasteiger partial charge in [-0.3, -0.25) is 4.79 Å². The van der Waals surface area contributed by atoms with Gasteiger partial charge in [0.15, 0.2) is 0 Å². The zero-order valence-corrected chi connectivity index (χ0v) is 8.24. The van der Waals surface area contributed by atoms with Crippen LogP contribution < -0.4 is 16.1 Å². The largest absolute Gasteiger partial charge is 0.310 e. The van der Waals surface area contributed by atoms with Crippen molar-refractivity contribution in [2.75, 3.05) is 0 Å². The van der Waals surface area contributed by atoms with Crippen LogP contribution in [0.1, 0.15) is 12.7 Å². The molecule has 1 atom stereocenters. The van der Waals surface area contributed by atoms with E-state index in [1.807, 2.05) is 31.2 Å². The predicted molar refractivity (Wildman–Crippen MR) is 56.1 cm³/mol. The highest BCUT2D eigenvalue weighted by molar-refractivity contribution is 5.43. The predicted octanol–water partition coefficient (Wildman–Crippen LogP) is -0.155. The fraction of sp³-hybridized carbons (Fsp3) is 0.273. The molecule has 3 nitrogen and oxygen atoms in total. The molecular weight excluding hydrogens is 176 g/mol. The number of H-pyrrole nitrogens is 1. The molecule has 0 amide bonds. The molecule has 1 N–H and O–H groups in total. The molecule has 0 aromatic carbocycles. The van der Waals surface area contributed by atoms with Crippen molar-refractivity contribution in [2.24, 2.45) is 5.92 Å². The van der Waals surface area contributed by atoms with Gasteiger partial charge in [0, 0.05) is 0 Å². The molecule has 2 rings (SSSR count). The Morgan fingerprint density at radius 2 is 2.29 bits per heavy atom. The Morgan fingerprint density at radius 1 is 1.50 bits per heavy atom. The number of aromatic nitrogens is 2. The molecule has 1 unspecified atom stereocenters. The maximum atomic E-state index is 11.6. The van der Waals surface area contributed by atoms with Crippen LogP contribution in [-0.4, -0.2) is 9.97 Å². The van der Waals surface area contributed by atoms with Crippen molar-refractivity contribution >= 4 is 12.2 Å². The minimum Gasteiger partial charge on any atom is -0.310 e. The summed E-state index contributed by atoms with van der Waals surface area (Å²) in [5.41, 5.74) is -0.0562. The molecule has 1 heterocycles. The summed E-state index contributed by atoms with van der Waals surface area (Å²) in [7, 11) is 0. The van der Waals surface area contributed by atoms with Crippen LogP contribution in [0, 0.1) is 12.8 Å². The van der Waals surface area contributed by atoms with Gasteiger partial charge >= 0.3 is 0 Å².